The number of carbonyl (C=O) groups excluding carboxylic acids is 1. The number of aliphatic carboxylic acids is 1. The maximum Gasteiger partial charge on any atom is 0.306 e. The summed E-state index contributed by atoms with van der Waals surface area (Å²) in [6.07, 6.45) is -0.158. The first-order valence-electron chi connectivity index (χ1n) is 7.18. The number of aliphatic hydroxyl groups excluding tert-OH is 1. The summed E-state index contributed by atoms with van der Waals surface area (Å²) < 4.78 is 25.4. The number of ether oxygens (including phenoxy) is 2. The van der Waals surface area contributed by atoms with E-state index in [4.69, 9.17) is 19.7 Å². The van der Waals surface area contributed by atoms with Crippen LogP contribution >= 0.6 is 11.3 Å². The second-order valence-electron chi connectivity index (χ2n) is 5.18. The molecule has 1 aromatic carbocycles. The van der Waals surface area contributed by atoms with E-state index in [2.05, 4.69) is 0 Å². The van der Waals surface area contributed by atoms with Gasteiger partial charge in [0.2, 0.25) is 0 Å². The first-order valence-corrected chi connectivity index (χ1v) is 8.00. The van der Waals surface area contributed by atoms with Crippen LogP contribution in [0, 0.1) is 11.7 Å². The second-order valence-corrected chi connectivity index (χ2v) is 6.27. The van der Waals surface area contributed by atoms with E-state index in [1.165, 1.54) is 20.1 Å². The first kappa shape index (κ1) is 18.2. The van der Waals surface area contributed by atoms with Crippen LogP contribution in [-0.4, -0.2) is 42.3 Å². The molecule has 2 aromatic rings. The molecule has 2 rings (SSSR count). The minimum Gasteiger partial charge on any atom is -0.493 e. The fraction of sp³-hybridized carbons (Fsp3) is 0.375. The molecule has 0 bridgehead atoms. The molecule has 8 heteroatoms. The lowest BCUT2D eigenvalue weighted by Gasteiger charge is -2.11. The van der Waals surface area contributed by atoms with Gasteiger partial charge >= 0.3 is 5.97 Å². The summed E-state index contributed by atoms with van der Waals surface area (Å²) in [4.78, 5) is 23.3. The summed E-state index contributed by atoms with van der Waals surface area (Å²) in [5, 5.41) is 17.9. The summed E-state index contributed by atoms with van der Waals surface area (Å²) in [6, 6.07) is 2.94. The Kier molecular flexibility index (Phi) is 5.74. The molecule has 0 spiro atoms. The second kappa shape index (κ2) is 7.59. The number of aliphatic hydroxyl groups is 1. The van der Waals surface area contributed by atoms with Crippen molar-refractivity contribution in [2.75, 3.05) is 20.3 Å². The van der Waals surface area contributed by atoms with E-state index in [9.17, 15) is 14.0 Å². The van der Waals surface area contributed by atoms with Gasteiger partial charge in [0.15, 0.2) is 23.1 Å². The van der Waals surface area contributed by atoms with E-state index >= 15 is 0 Å². The fourth-order valence-corrected chi connectivity index (χ4v) is 3.17. The predicted molar refractivity (Wildman–Crippen MR) is 86.7 cm³/mol. The van der Waals surface area contributed by atoms with Crippen molar-refractivity contribution in [3.63, 3.8) is 0 Å². The van der Waals surface area contributed by atoms with Crippen molar-refractivity contribution >= 4 is 33.2 Å². The van der Waals surface area contributed by atoms with Crippen LogP contribution in [0.4, 0.5) is 4.39 Å². The number of carboxylic acids is 1. The van der Waals surface area contributed by atoms with Gasteiger partial charge in [-0.25, -0.2) is 4.39 Å². The van der Waals surface area contributed by atoms with Crippen LogP contribution in [0.3, 0.4) is 0 Å². The van der Waals surface area contributed by atoms with Crippen molar-refractivity contribution in [1.29, 1.82) is 0 Å². The molecule has 24 heavy (non-hydrogen) atoms. The molecule has 1 heterocycles. The predicted octanol–water partition coefficient (Wildman–Crippen LogP) is 2.71. The minimum absolute atomic E-state index is 0.0924. The SMILES string of the molecule is COc1cc2sc(C(=O)CC(C)C(=O)O)cc2c(F)c1OCCO. The Bertz CT molecular complexity index is 770. The Labute approximate surface area is 141 Å². The number of benzene rings is 1. The smallest absolute Gasteiger partial charge is 0.306 e. The maximum atomic E-state index is 14.6. The van der Waals surface area contributed by atoms with E-state index < -0.39 is 17.7 Å². The van der Waals surface area contributed by atoms with E-state index in [0.717, 1.165) is 11.3 Å². The van der Waals surface area contributed by atoms with Crippen LogP contribution in [0.25, 0.3) is 10.1 Å². The molecule has 1 aromatic heterocycles. The fourth-order valence-electron chi connectivity index (χ4n) is 2.14. The average Bonchev–Trinajstić information content (AvgIpc) is 2.98. The third kappa shape index (κ3) is 3.65. The van der Waals surface area contributed by atoms with Crippen molar-refractivity contribution in [2.24, 2.45) is 5.92 Å². The highest BCUT2D eigenvalue weighted by molar-refractivity contribution is 7.20. The zero-order chi connectivity index (χ0) is 17.9. The number of Topliss-reactive ketones (excluding diaryl/α,β-unsaturated/α-hetero) is 1. The molecule has 2 N–H and O–H groups in total. The van der Waals surface area contributed by atoms with Crippen molar-refractivity contribution in [1.82, 2.24) is 0 Å². The number of thiophene rings is 1. The van der Waals surface area contributed by atoms with Crippen molar-refractivity contribution < 1.29 is 33.7 Å². The summed E-state index contributed by atoms with van der Waals surface area (Å²) in [5.41, 5.74) is 0. The molecule has 0 saturated carbocycles. The number of hydrogen-bond acceptors (Lipinski definition) is 6. The lowest BCUT2D eigenvalue weighted by atomic mass is 10.0. The highest BCUT2D eigenvalue weighted by Crippen LogP contribution is 2.40. The number of methoxy groups -OCH3 is 1. The molecule has 0 aliphatic carbocycles. The molecule has 0 aliphatic rings. The number of carboxylic acid groups (broad SMARTS) is 1. The van der Waals surface area contributed by atoms with E-state index in [1.807, 2.05) is 0 Å². The zero-order valence-corrected chi connectivity index (χ0v) is 14.0. The third-order valence-corrected chi connectivity index (χ3v) is 4.55. The Morgan fingerprint density at radius 1 is 1.38 bits per heavy atom. The highest BCUT2D eigenvalue weighted by Gasteiger charge is 2.22. The molecule has 1 unspecified atom stereocenters. The molecule has 130 valence electrons. The van der Waals surface area contributed by atoms with Crippen LogP contribution in [0.1, 0.15) is 23.0 Å². The summed E-state index contributed by atoms with van der Waals surface area (Å²) >= 11 is 1.07. The molecule has 1 atom stereocenters. The van der Waals surface area contributed by atoms with Gasteiger partial charge < -0.3 is 19.7 Å². The normalized spacial score (nSPS) is 12.2. The number of ketones is 1. The molecule has 0 aliphatic heterocycles. The highest BCUT2D eigenvalue weighted by atomic mass is 32.1. The zero-order valence-electron chi connectivity index (χ0n) is 13.2. The third-order valence-electron chi connectivity index (χ3n) is 3.43. The van der Waals surface area contributed by atoms with E-state index in [-0.39, 0.29) is 47.2 Å². The van der Waals surface area contributed by atoms with Gasteiger partial charge in [0.1, 0.15) is 6.61 Å². The van der Waals surface area contributed by atoms with Crippen molar-refractivity contribution in [2.45, 2.75) is 13.3 Å². The van der Waals surface area contributed by atoms with Gasteiger partial charge in [0, 0.05) is 22.6 Å². The Morgan fingerprint density at radius 2 is 2.08 bits per heavy atom. The summed E-state index contributed by atoms with van der Waals surface area (Å²) in [6.45, 7) is 1.07. The molecule has 6 nitrogen and oxygen atoms in total. The maximum absolute atomic E-state index is 14.6. The Hall–Kier alpha value is -2.19. The van der Waals surface area contributed by atoms with Crippen LogP contribution in [0.5, 0.6) is 11.5 Å². The first-order chi connectivity index (χ1) is 11.4. The summed E-state index contributed by atoms with van der Waals surface area (Å²) in [7, 11) is 1.36. The Morgan fingerprint density at radius 3 is 2.67 bits per heavy atom. The lowest BCUT2D eigenvalue weighted by molar-refractivity contribution is -0.141. The largest absolute Gasteiger partial charge is 0.493 e. The van der Waals surface area contributed by atoms with Gasteiger partial charge in [0.25, 0.3) is 0 Å². The average molecular weight is 356 g/mol. The molecular weight excluding hydrogens is 339 g/mol. The van der Waals surface area contributed by atoms with Gasteiger partial charge in [-0.2, -0.15) is 0 Å². The van der Waals surface area contributed by atoms with Gasteiger partial charge in [-0.3, -0.25) is 9.59 Å². The van der Waals surface area contributed by atoms with E-state index in [1.54, 1.807) is 6.07 Å². The van der Waals surface area contributed by atoms with Gasteiger partial charge in [-0.05, 0) is 6.07 Å². The molecule has 0 amide bonds. The molecular formula is C16H17FO6S. The number of rotatable bonds is 8. The number of hydrogen-bond donors (Lipinski definition) is 2. The summed E-state index contributed by atoms with van der Waals surface area (Å²) in [5.74, 6) is -2.88. The molecule has 0 radical (unpaired) electrons. The van der Waals surface area contributed by atoms with Crippen LogP contribution in [-0.2, 0) is 4.79 Å². The monoisotopic (exact) mass is 356 g/mol. The lowest BCUT2D eigenvalue weighted by Crippen LogP contribution is -2.13. The van der Waals surface area contributed by atoms with Crippen LogP contribution in [0.2, 0.25) is 0 Å². The van der Waals surface area contributed by atoms with Crippen molar-refractivity contribution in [3.05, 3.63) is 22.8 Å². The van der Waals surface area contributed by atoms with Crippen molar-refractivity contribution in [3.8, 4) is 11.5 Å². The molecule has 0 fully saturated rings. The van der Waals surface area contributed by atoms with Gasteiger partial charge in [-0.15, -0.1) is 11.3 Å². The van der Waals surface area contributed by atoms with E-state index in [0.29, 0.717) is 4.70 Å². The number of fused-ring (bicyclic) bond motifs is 1. The molecule has 0 saturated heterocycles. The number of carbonyl (C=O) groups is 2. The quantitative estimate of drug-likeness (QED) is 0.707. The number of halogens is 1. The topological polar surface area (TPSA) is 93.1 Å². The standard InChI is InChI=1S/C16H17FO6S/c1-8(16(20)21)5-10(19)13-6-9-12(24-13)7-11(22-2)15(14(9)17)23-4-3-18/h6-8,18H,3-5H2,1-2H3,(H,20,21). The minimum atomic E-state index is -1.06. The van der Waals surface area contributed by atoms with Crippen LogP contribution < -0.4 is 9.47 Å². The van der Waals surface area contributed by atoms with Crippen LogP contribution in [0.15, 0.2) is 12.1 Å². The van der Waals surface area contributed by atoms with Gasteiger partial charge in [-0.1, -0.05) is 6.92 Å². The van der Waals surface area contributed by atoms with Gasteiger partial charge in [0.05, 0.1) is 24.5 Å². The Balaban J connectivity index is 2.41.